The Morgan fingerprint density at radius 3 is 1.76 bits per heavy atom. The van der Waals surface area contributed by atoms with E-state index >= 15 is 0 Å². The van der Waals surface area contributed by atoms with Crippen LogP contribution in [0.1, 0.15) is 24.0 Å². The number of hydrogen-bond donors (Lipinski definition) is 5. The van der Waals surface area contributed by atoms with Gasteiger partial charge in [0.05, 0.1) is 53.8 Å². The van der Waals surface area contributed by atoms with Crippen molar-refractivity contribution in [2.75, 3.05) is 30.5 Å². The van der Waals surface area contributed by atoms with Crippen LogP contribution in [-0.4, -0.2) is 68.9 Å². The minimum absolute atomic E-state index is 0.000761. The fourth-order valence-corrected chi connectivity index (χ4v) is 5.94. The van der Waals surface area contributed by atoms with Crippen molar-refractivity contribution in [2.24, 2.45) is 20.5 Å². The van der Waals surface area contributed by atoms with Gasteiger partial charge in [-0.2, -0.15) is 35.5 Å². The molecule has 3 aromatic carbocycles. The van der Waals surface area contributed by atoms with Crippen molar-refractivity contribution in [3.63, 3.8) is 0 Å². The third-order valence-corrected chi connectivity index (χ3v) is 9.18. The van der Waals surface area contributed by atoms with Crippen LogP contribution < -0.4 is 15.2 Å². The summed E-state index contributed by atoms with van der Waals surface area (Å²) < 4.78 is 111. The standard InChI is InChI=1S/C26H31N5O14S4/c1-16-11-19(27)24(42-7-3-9-47(33,34)35)14-21(16)30-31-23-12-17(2)22(15-25(23)43-8-4-10-48(36,37)38)29-28-20-6-5-18(46-45-44-32)13-26(20)49(39,40)41/h5-6,11-15,32H,3-4,7-10,27H2,1-2H3,(H,33,34,35)(H,36,37,38)(H,39,40,41). The van der Waals surface area contributed by atoms with Crippen LogP contribution >= 0.6 is 12.0 Å². The van der Waals surface area contributed by atoms with Crippen LogP contribution in [0.2, 0.25) is 0 Å². The van der Waals surface area contributed by atoms with Gasteiger partial charge in [-0.1, -0.05) is 5.04 Å². The topological polar surface area (TPSA) is 296 Å². The summed E-state index contributed by atoms with van der Waals surface area (Å²) in [5, 5.41) is 28.4. The van der Waals surface area contributed by atoms with E-state index in [0.29, 0.717) is 28.9 Å². The lowest BCUT2D eigenvalue weighted by atomic mass is 10.1. The Hall–Kier alpha value is -3.78. The Morgan fingerprint density at radius 1 is 0.694 bits per heavy atom. The predicted molar refractivity (Wildman–Crippen MR) is 175 cm³/mol. The molecule has 268 valence electrons. The summed E-state index contributed by atoms with van der Waals surface area (Å²) in [5.74, 6) is -0.843. The molecule has 49 heavy (non-hydrogen) atoms. The Morgan fingerprint density at radius 2 is 1.20 bits per heavy atom. The van der Waals surface area contributed by atoms with Crippen molar-refractivity contribution in [3.8, 4) is 11.5 Å². The number of hydrogen-bond acceptors (Lipinski definition) is 17. The molecule has 0 fully saturated rings. The number of nitrogens with zero attached hydrogens (tertiary/aromatic N) is 4. The van der Waals surface area contributed by atoms with Crippen LogP contribution in [-0.2, 0) is 39.7 Å². The smallest absolute Gasteiger partial charge is 0.296 e. The zero-order valence-electron chi connectivity index (χ0n) is 25.7. The zero-order valence-corrected chi connectivity index (χ0v) is 28.9. The Kier molecular flexibility index (Phi) is 14.0. The second-order valence-electron chi connectivity index (χ2n) is 9.99. The van der Waals surface area contributed by atoms with E-state index < -0.39 is 46.8 Å². The number of aryl methyl sites for hydroxylation is 2. The number of rotatable bonds is 18. The molecular weight excluding hydrogens is 735 g/mol. The fraction of sp³-hybridized carbons (Fsp3) is 0.308. The highest BCUT2D eigenvalue weighted by Crippen LogP contribution is 2.39. The van der Waals surface area contributed by atoms with Gasteiger partial charge < -0.3 is 15.2 Å². The molecular formula is C26H31N5O14S4. The minimum Gasteiger partial charge on any atom is -0.491 e. The first-order valence-corrected chi connectivity index (χ1v) is 19.1. The van der Waals surface area contributed by atoms with Gasteiger partial charge in [-0.15, -0.1) is 14.6 Å². The van der Waals surface area contributed by atoms with E-state index in [0.717, 1.165) is 6.07 Å². The number of anilines is 1. The summed E-state index contributed by atoms with van der Waals surface area (Å²) in [4.78, 5) is -0.507. The van der Waals surface area contributed by atoms with E-state index in [2.05, 4.69) is 29.8 Å². The SMILES string of the molecule is Cc1cc(N)c(OCCCS(=O)(=O)O)cc1N=Nc1cc(C)c(N=Nc2ccc(SOOO)cc2S(=O)(=O)O)cc1OCCCS(=O)(=O)O. The molecule has 0 heterocycles. The molecule has 0 radical (unpaired) electrons. The monoisotopic (exact) mass is 765 g/mol. The molecule has 0 aromatic heterocycles. The van der Waals surface area contributed by atoms with Crippen molar-refractivity contribution < 1.29 is 63.0 Å². The van der Waals surface area contributed by atoms with E-state index in [9.17, 15) is 29.8 Å². The highest BCUT2D eigenvalue weighted by molar-refractivity contribution is 7.94. The average molecular weight is 766 g/mol. The molecule has 0 unspecified atom stereocenters. The molecule has 3 aromatic rings. The first kappa shape index (κ1) is 39.7. The van der Waals surface area contributed by atoms with Gasteiger partial charge in [0.1, 0.15) is 27.8 Å². The lowest BCUT2D eigenvalue weighted by Gasteiger charge is -2.12. The second kappa shape index (κ2) is 17.2. The Balaban J connectivity index is 1.97. The maximum atomic E-state index is 12.0. The molecule has 0 amide bonds. The highest BCUT2D eigenvalue weighted by Gasteiger charge is 2.18. The summed E-state index contributed by atoms with van der Waals surface area (Å²) >= 11 is 0.450. The van der Waals surface area contributed by atoms with Crippen molar-refractivity contribution in [1.82, 2.24) is 0 Å². The van der Waals surface area contributed by atoms with E-state index in [4.69, 9.17) is 29.6 Å². The largest absolute Gasteiger partial charge is 0.491 e. The number of azo groups is 2. The Labute approximate surface area is 285 Å². The fourth-order valence-electron chi connectivity index (χ4n) is 3.85. The average Bonchev–Trinajstić information content (AvgIpc) is 2.99. The molecule has 0 aliphatic heterocycles. The minimum atomic E-state index is -4.79. The molecule has 0 saturated carbocycles. The van der Waals surface area contributed by atoms with Crippen LogP contribution in [0.15, 0.2) is 72.7 Å². The molecule has 0 atom stereocenters. The van der Waals surface area contributed by atoms with E-state index in [-0.39, 0.29) is 65.2 Å². The lowest BCUT2D eigenvalue weighted by Crippen LogP contribution is -2.09. The maximum absolute atomic E-state index is 12.0. The maximum Gasteiger partial charge on any atom is 0.296 e. The summed E-state index contributed by atoms with van der Waals surface area (Å²) in [6.07, 6.45) is -0.0939. The van der Waals surface area contributed by atoms with Gasteiger partial charge in [-0.25, -0.2) is 5.26 Å². The molecule has 0 bridgehead atoms. The number of benzene rings is 3. The molecule has 0 spiro atoms. The summed E-state index contributed by atoms with van der Waals surface area (Å²) in [7, 11) is -13.2. The number of ether oxygens (including phenoxy) is 2. The van der Waals surface area contributed by atoms with Gasteiger partial charge in [0, 0.05) is 17.0 Å². The first-order valence-electron chi connectivity index (χ1n) is 13.7. The van der Waals surface area contributed by atoms with Crippen molar-refractivity contribution in [3.05, 3.63) is 53.6 Å². The van der Waals surface area contributed by atoms with Gasteiger partial charge in [-0.05, 0) is 68.1 Å². The van der Waals surface area contributed by atoms with Gasteiger partial charge in [0.2, 0.25) is 0 Å². The van der Waals surface area contributed by atoms with Crippen LogP contribution in [0.25, 0.3) is 0 Å². The predicted octanol–water partition coefficient (Wildman–Crippen LogP) is 5.70. The van der Waals surface area contributed by atoms with Crippen molar-refractivity contribution in [1.29, 1.82) is 0 Å². The van der Waals surface area contributed by atoms with Gasteiger partial charge in [0.15, 0.2) is 0 Å². The molecule has 6 N–H and O–H groups in total. The van der Waals surface area contributed by atoms with Gasteiger partial charge in [-0.3, -0.25) is 13.7 Å². The van der Waals surface area contributed by atoms with Crippen LogP contribution in [0.5, 0.6) is 11.5 Å². The summed E-state index contributed by atoms with van der Waals surface area (Å²) in [6.45, 7) is 3.07. The molecule has 0 aliphatic rings. The quantitative estimate of drug-likeness (QED) is 0.0197. The van der Waals surface area contributed by atoms with Gasteiger partial charge in [0.25, 0.3) is 30.4 Å². The molecule has 0 saturated heterocycles. The van der Waals surface area contributed by atoms with E-state index in [1.54, 1.807) is 19.9 Å². The highest BCUT2D eigenvalue weighted by atomic mass is 32.2. The normalized spacial score (nSPS) is 12.6. The first-order chi connectivity index (χ1) is 22.9. The third-order valence-electron chi connectivity index (χ3n) is 6.12. The molecule has 23 heteroatoms. The number of nitrogens with two attached hydrogens (primary N) is 1. The summed E-state index contributed by atoms with van der Waals surface area (Å²) in [6, 6.07) is 9.48. The molecule has 3 rings (SSSR count). The molecule has 0 aliphatic carbocycles. The summed E-state index contributed by atoms with van der Waals surface area (Å²) in [5.41, 5.74) is 7.68. The van der Waals surface area contributed by atoms with Crippen LogP contribution in [0.3, 0.4) is 0 Å². The second-order valence-corrected chi connectivity index (χ2v) is 15.3. The molecule has 19 nitrogen and oxygen atoms in total. The van der Waals surface area contributed by atoms with Gasteiger partial charge >= 0.3 is 0 Å². The Bertz CT molecular complexity index is 2040. The zero-order chi connectivity index (χ0) is 36.4. The van der Waals surface area contributed by atoms with E-state index in [1.165, 1.54) is 30.3 Å². The van der Waals surface area contributed by atoms with Crippen molar-refractivity contribution in [2.45, 2.75) is 36.5 Å². The van der Waals surface area contributed by atoms with E-state index in [1.807, 2.05) is 0 Å². The van der Waals surface area contributed by atoms with Crippen molar-refractivity contribution >= 4 is 70.8 Å². The van der Waals surface area contributed by atoms with Crippen LogP contribution in [0, 0.1) is 13.8 Å². The number of nitrogen functional groups attached to an aromatic ring is 1. The lowest BCUT2D eigenvalue weighted by molar-refractivity contribution is -0.432. The third kappa shape index (κ3) is 13.2. The van der Waals surface area contributed by atoms with Crippen LogP contribution in [0.4, 0.5) is 28.4 Å².